The Bertz CT molecular complexity index is 636. The van der Waals surface area contributed by atoms with E-state index in [1.54, 1.807) is 0 Å². The number of nitrogens with two attached hydrogens (primary N) is 1. The van der Waals surface area contributed by atoms with Crippen LogP contribution in [0.4, 0.5) is 5.88 Å². The van der Waals surface area contributed by atoms with E-state index < -0.39 is 0 Å². The summed E-state index contributed by atoms with van der Waals surface area (Å²) in [6.07, 6.45) is 4.85. The van der Waals surface area contributed by atoms with E-state index in [4.69, 9.17) is 10.3 Å². The number of nitrogens with zero attached hydrogens (tertiary/aromatic N) is 1. The summed E-state index contributed by atoms with van der Waals surface area (Å²) in [4.78, 5) is 0. The molecule has 0 amide bonds. The van der Waals surface area contributed by atoms with Crippen molar-refractivity contribution < 1.29 is 4.52 Å². The Morgan fingerprint density at radius 2 is 1.85 bits per heavy atom. The highest BCUT2D eigenvalue weighted by molar-refractivity contribution is 5.76. The molecular formula is C17H22N2O. The number of benzene rings is 1. The Morgan fingerprint density at radius 3 is 2.50 bits per heavy atom. The van der Waals surface area contributed by atoms with Crippen molar-refractivity contribution in [3.8, 4) is 11.1 Å². The molecule has 0 aliphatic heterocycles. The largest absolute Gasteiger partial charge is 0.367 e. The van der Waals surface area contributed by atoms with E-state index in [-0.39, 0.29) is 5.41 Å². The van der Waals surface area contributed by atoms with Crippen LogP contribution < -0.4 is 5.73 Å². The van der Waals surface area contributed by atoms with Gasteiger partial charge in [-0.05, 0) is 43.4 Å². The predicted octanol–water partition coefficient (Wildman–Crippen LogP) is 4.37. The minimum Gasteiger partial charge on any atom is -0.367 e. The van der Waals surface area contributed by atoms with Crippen molar-refractivity contribution in [2.45, 2.75) is 51.9 Å². The summed E-state index contributed by atoms with van der Waals surface area (Å²) in [5.41, 5.74) is 11.9. The fraction of sp³-hybridized carbons (Fsp3) is 0.471. The number of hydrogen-bond donors (Lipinski definition) is 1. The average Bonchev–Trinajstić information content (AvgIpc) is 3.00. The third kappa shape index (κ3) is 2.01. The molecule has 0 spiro atoms. The van der Waals surface area contributed by atoms with Gasteiger partial charge < -0.3 is 10.3 Å². The molecule has 3 heteroatoms. The summed E-state index contributed by atoms with van der Waals surface area (Å²) in [5, 5.41) is 4.30. The van der Waals surface area contributed by atoms with Crippen molar-refractivity contribution >= 4 is 5.88 Å². The highest BCUT2D eigenvalue weighted by Crippen LogP contribution is 2.45. The fourth-order valence-corrected chi connectivity index (χ4v) is 3.28. The molecule has 0 unspecified atom stereocenters. The third-order valence-electron chi connectivity index (χ3n) is 4.79. The topological polar surface area (TPSA) is 52.0 Å². The van der Waals surface area contributed by atoms with Gasteiger partial charge in [0, 0.05) is 5.41 Å². The lowest BCUT2D eigenvalue weighted by molar-refractivity contribution is 0.386. The second kappa shape index (κ2) is 4.65. The maximum atomic E-state index is 6.06. The van der Waals surface area contributed by atoms with Crippen LogP contribution in [-0.2, 0) is 5.41 Å². The van der Waals surface area contributed by atoms with Gasteiger partial charge in [0.1, 0.15) is 0 Å². The molecule has 20 heavy (non-hydrogen) atoms. The Balaban J connectivity index is 2.13. The molecule has 0 radical (unpaired) electrons. The van der Waals surface area contributed by atoms with Gasteiger partial charge in [-0.2, -0.15) is 0 Å². The predicted molar refractivity (Wildman–Crippen MR) is 81.6 cm³/mol. The van der Waals surface area contributed by atoms with Crippen molar-refractivity contribution in [3.63, 3.8) is 0 Å². The highest BCUT2D eigenvalue weighted by atomic mass is 16.5. The molecule has 1 aromatic heterocycles. The maximum Gasteiger partial charge on any atom is 0.230 e. The van der Waals surface area contributed by atoms with Gasteiger partial charge in [0.05, 0.1) is 11.3 Å². The Kier molecular flexibility index (Phi) is 3.08. The lowest BCUT2D eigenvalue weighted by Gasteiger charge is -2.22. The number of anilines is 1. The van der Waals surface area contributed by atoms with E-state index >= 15 is 0 Å². The molecule has 2 N–H and O–H groups in total. The van der Waals surface area contributed by atoms with Crippen molar-refractivity contribution in [2.24, 2.45) is 0 Å². The number of aryl methyl sites for hydroxylation is 2. The van der Waals surface area contributed by atoms with Gasteiger partial charge in [0.2, 0.25) is 5.88 Å². The molecule has 0 bridgehead atoms. The van der Waals surface area contributed by atoms with Gasteiger partial charge in [-0.3, -0.25) is 0 Å². The number of hydrogen-bond acceptors (Lipinski definition) is 3. The zero-order chi connectivity index (χ0) is 14.3. The molecule has 3 rings (SSSR count). The molecule has 1 heterocycles. The Labute approximate surface area is 120 Å². The molecule has 1 aliphatic rings. The van der Waals surface area contributed by atoms with E-state index in [0.717, 1.165) is 29.7 Å². The smallest absolute Gasteiger partial charge is 0.230 e. The van der Waals surface area contributed by atoms with E-state index in [1.807, 2.05) is 0 Å². The molecule has 1 saturated carbocycles. The number of aromatic nitrogens is 1. The van der Waals surface area contributed by atoms with Crippen LogP contribution in [0.3, 0.4) is 0 Å². The quantitative estimate of drug-likeness (QED) is 0.881. The van der Waals surface area contributed by atoms with Gasteiger partial charge >= 0.3 is 0 Å². The molecule has 1 aliphatic carbocycles. The number of rotatable bonds is 2. The van der Waals surface area contributed by atoms with Crippen LogP contribution in [-0.4, -0.2) is 5.16 Å². The van der Waals surface area contributed by atoms with Crippen LogP contribution >= 0.6 is 0 Å². The van der Waals surface area contributed by atoms with Crippen LogP contribution in [0.2, 0.25) is 0 Å². The molecular weight excluding hydrogens is 248 g/mol. The zero-order valence-corrected chi connectivity index (χ0v) is 12.5. The summed E-state index contributed by atoms with van der Waals surface area (Å²) in [7, 11) is 0. The van der Waals surface area contributed by atoms with E-state index in [9.17, 15) is 0 Å². The summed E-state index contributed by atoms with van der Waals surface area (Å²) in [6.45, 7) is 6.52. The first-order valence-electron chi connectivity index (χ1n) is 7.34. The van der Waals surface area contributed by atoms with Gasteiger partial charge in [-0.15, -0.1) is 0 Å². The summed E-state index contributed by atoms with van der Waals surface area (Å²) >= 11 is 0. The van der Waals surface area contributed by atoms with Crippen LogP contribution in [0.5, 0.6) is 0 Å². The van der Waals surface area contributed by atoms with E-state index in [0.29, 0.717) is 5.88 Å². The van der Waals surface area contributed by atoms with Crippen LogP contribution in [0.1, 0.15) is 49.4 Å². The minimum absolute atomic E-state index is 0.106. The van der Waals surface area contributed by atoms with Gasteiger partial charge in [-0.1, -0.05) is 43.1 Å². The standard InChI is InChI=1S/C17H22N2O/c1-11-6-7-13(10-12(11)2)14-15(19-20-16(14)18)17(3)8-4-5-9-17/h6-7,10H,4-5,8-9,18H2,1-3H3. The van der Waals surface area contributed by atoms with Gasteiger partial charge in [0.25, 0.3) is 0 Å². The second-order valence-corrected chi connectivity index (χ2v) is 6.34. The molecule has 2 aromatic rings. The van der Waals surface area contributed by atoms with Crippen molar-refractivity contribution in [1.82, 2.24) is 5.16 Å². The van der Waals surface area contributed by atoms with Gasteiger partial charge in [-0.25, -0.2) is 0 Å². The first kappa shape index (κ1) is 13.2. The van der Waals surface area contributed by atoms with E-state index in [1.165, 1.54) is 24.0 Å². The Hall–Kier alpha value is -1.77. The Morgan fingerprint density at radius 1 is 1.15 bits per heavy atom. The number of nitrogen functional groups attached to an aromatic ring is 1. The van der Waals surface area contributed by atoms with Crippen LogP contribution in [0.15, 0.2) is 22.7 Å². The van der Waals surface area contributed by atoms with Crippen molar-refractivity contribution in [2.75, 3.05) is 5.73 Å². The second-order valence-electron chi connectivity index (χ2n) is 6.34. The molecule has 3 nitrogen and oxygen atoms in total. The normalized spacial score (nSPS) is 17.6. The molecule has 1 aromatic carbocycles. The first-order valence-corrected chi connectivity index (χ1v) is 7.34. The summed E-state index contributed by atoms with van der Waals surface area (Å²) < 4.78 is 5.33. The lowest BCUT2D eigenvalue weighted by Crippen LogP contribution is -2.18. The maximum absolute atomic E-state index is 6.06. The monoisotopic (exact) mass is 270 g/mol. The lowest BCUT2D eigenvalue weighted by atomic mass is 9.81. The van der Waals surface area contributed by atoms with Gasteiger partial charge in [0.15, 0.2) is 0 Å². The average molecular weight is 270 g/mol. The van der Waals surface area contributed by atoms with E-state index in [2.05, 4.69) is 44.1 Å². The molecule has 106 valence electrons. The van der Waals surface area contributed by atoms with Crippen LogP contribution in [0, 0.1) is 13.8 Å². The zero-order valence-electron chi connectivity index (χ0n) is 12.5. The van der Waals surface area contributed by atoms with Crippen molar-refractivity contribution in [3.05, 3.63) is 35.0 Å². The molecule has 0 saturated heterocycles. The summed E-state index contributed by atoms with van der Waals surface area (Å²) in [5.74, 6) is 0.441. The fourth-order valence-electron chi connectivity index (χ4n) is 3.28. The molecule has 1 fully saturated rings. The SMILES string of the molecule is Cc1ccc(-c2c(C3(C)CCCC3)noc2N)cc1C. The highest BCUT2D eigenvalue weighted by Gasteiger charge is 2.37. The van der Waals surface area contributed by atoms with Crippen LogP contribution in [0.25, 0.3) is 11.1 Å². The van der Waals surface area contributed by atoms with Crippen molar-refractivity contribution in [1.29, 1.82) is 0 Å². The third-order valence-corrected chi connectivity index (χ3v) is 4.79. The summed E-state index contributed by atoms with van der Waals surface area (Å²) in [6, 6.07) is 6.44. The minimum atomic E-state index is 0.106. The molecule has 0 atom stereocenters. The first-order chi connectivity index (χ1) is 9.51.